The van der Waals surface area contributed by atoms with E-state index in [9.17, 15) is 18.3 Å². The van der Waals surface area contributed by atoms with Crippen molar-refractivity contribution < 1.29 is 23.0 Å². The zero-order valence-electron chi connectivity index (χ0n) is 11.5. The molecule has 0 aromatic rings. The van der Waals surface area contributed by atoms with Gasteiger partial charge in [0.25, 0.3) is 0 Å². The van der Waals surface area contributed by atoms with E-state index in [1.807, 2.05) is 0 Å². The number of rotatable bonds is 6. The van der Waals surface area contributed by atoms with E-state index in [4.69, 9.17) is 4.74 Å². The lowest BCUT2D eigenvalue weighted by Gasteiger charge is -2.34. The summed E-state index contributed by atoms with van der Waals surface area (Å²) in [6, 6.07) is -0.698. The molecule has 2 unspecified atom stereocenters. The highest BCUT2D eigenvalue weighted by atomic mass is 19.4. The fourth-order valence-corrected chi connectivity index (χ4v) is 2.11. The van der Waals surface area contributed by atoms with Crippen LogP contribution in [0.4, 0.5) is 13.2 Å². The lowest BCUT2D eigenvalue weighted by atomic mass is 10.1. The van der Waals surface area contributed by atoms with Crippen LogP contribution in [0.3, 0.4) is 0 Å². The quantitative estimate of drug-likeness (QED) is 0.764. The number of aliphatic hydroxyl groups is 1. The highest BCUT2D eigenvalue weighted by Gasteiger charge is 2.31. The van der Waals surface area contributed by atoms with Gasteiger partial charge in [-0.1, -0.05) is 0 Å². The third-order valence-corrected chi connectivity index (χ3v) is 3.04. The molecule has 0 amide bonds. The van der Waals surface area contributed by atoms with Gasteiger partial charge in [-0.25, -0.2) is 0 Å². The second-order valence-corrected chi connectivity index (χ2v) is 5.49. The molecule has 0 spiro atoms. The van der Waals surface area contributed by atoms with Gasteiger partial charge in [0.1, 0.15) is 0 Å². The summed E-state index contributed by atoms with van der Waals surface area (Å²) in [7, 11) is 0. The molecule has 7 heteroatoms. The molecule has 0 aromatic carbocycles. The fourth-order valence-electron chi connectivity index (χ4n) is 2.11. The molecule has 0 aromatic heterocycles. The van der Waals surface area contributed by atoms with Crippen LogP contribution in [0.5, 0.6) is 0 Å². The van der Waals surface area contributed by atoms with Crippen molar-refractivity contribution in [3.8, 4) is 0 Å². The van der Waals surface area contributed by atoms with E-state index in [-0.39, 0.29) is 6.54 Å². The molecule has 19 heavy (non-hydrogen) atoms. The Balaban J connectivity index is 2.29. The molecule has 1 fully saturated rings. The zero-order valence-corrected chi connectivity index (χ0v) is 11.5. The average molecular weight is 284 g/mol. The number of morpholine rings is 1. The molecule has 0 aliphatic carbocycles. The van der Waals surface area contributed by atoms with E-state index in [0.29, 0.717) is 19.8 Å². The number of hydrogen-bond donors (Lipinski definition) is 2. The Hall–Kier alpha value is -0.370. The number of ether oxygens (including phenoxy) is 1. The summed E-state index contributed by atoms with van der Waals surface area (Å²) in [4.78, 5) is 2.06. The van der Waals surface area contributed by atoms with E-state index >= 15 is 0 Å². The summed E-state index contributed by atoms with van der Waals surface area (Å²) in [6.07, 6.45) is -5.07. The van der Waals surface area contributed by atoms with Crippen molar-refractivity contribution in [1.82, 2.24) is 10.2 Å². The summed E-state index contributed by atoms with van der Waals surface area (Å²) < 4.78 is 41.7. The van der Waals surface area contributed by atoms with Crippen molar-refractivity contribution >= 4 is 0 Å². The monoisotopic (exact) mass is 284 g/mol. The van der Waals surface area contributed by atoms with Crippen LogP contribution in [0.15, 0.2) is 0 Å². The largest absolute Gasteiger partial charge is 0.390 e. The average Bonchev–Trinajstić information content (AvgIpc) is 2.25. The second kappa shape index (κ2) is 6.88. The van der Waals surface area contributed by atoms with E-state index < -0.39 is 24.2 Å². The molecular weight excluding hydrogens is 261 g/mol. The summed E-state index contributed by atoms with van der Waals surface area (Å²) in [5.74, 6) is 0. The highest BCUT2D eigenvalue weighted by molar-refractivity contribution is 4.82. The van der Waals surface area contributed by atoms with Crippen LogP contribution in [0.25, 0.3) is 0 Å². The molecule has 4 nitrogen and oxygen atoms in total. The smallest absolute Gasteiger partial charge is 0.388 e. The van der Waals surface area contributed by atoms with Gasteiger partial charge in [0.05, 0.1) is 25.2 Å². The number of alkyl halides is 3. The van der Waals surface area contributed by atoms with E-state index in [1.54, 1.807) is 6.92 Å². The predicted octanol–water partition coefficient (Wildman–Crippen LogP) is 1.00. The Morgan fingerprint density at radius 1 is 1.32 bits per heavy atom. The van der Waals surface area contributed by atoms with Gasteiger partial charge >= 0.3 is 6.18 Å². The van der Waals surface area contributed by atoms with Crippen molar-refractivity contribution in [2.24, 2.45) is 0 Å². The molecule has 0 radical (unpaired) electrons. The number of nitrogens with zero attached hydrogens (tertiary/aromatic N) is 1. The summed E-state index contributed by atoms with van der Waals surface area (Å²) in [5.41, 5.74) is -1.04. The topological polar surface area (TPSA) is 44.7 Å². The molecular formula is C12H23F3N2O2. The molecule has 1 rings (SSSR count). The second-order valence-electron chi connectivity index (χ2n) is 5.49. The minimum absolute atomic E-state index is 0.140. The Kier molecular flexibility index (Phi) is 6.04. The van der Waals surface area contributed by atoms with Gasteiger partial charge in [-0.3, -0.25) is 4.90 Å². The maximum Gasteiger partial charge on any atom is 0.390 e. The first-order valence-corrected chi connectivity index (χ1v) is 6.51. The van der Waals surface area contributed by atoms with Gasteiger partial charge in [0.2, 0.25) is 0 Å². The Labute approximate surface area is 111 Å². The lowest BCUT2D eigenvalue weighted by molar-refractivity contribution is -0.139. The van der Waals surface area contributed by atoms with Crippen LogP contribution >= 0.6 is 0 Å². The van der Waals surface area contributed by atoms with Gasteiger partial charge < -0.3 is 15.2 Å². The van der Waals surface area contributed by atoms with Gasteiger partial charge in [0, 0.05) is 32.2 Å². The molecule has 1 aliphatic heterocycles. The first kappa shape index (κ1) is 16.7. The van der Waals surface area contributed by atoms with Crippen molar-refractivity contribution in [3.63, 3.8) is 0 Å². The molecule has 1 saturated heterocycles. The van der Waals surface area contributed by atoms with Crippen molar-refractivity contribution in [2.45, 2.75) is 38.1 Å². The molecule has 2 atom stereocenters. The standard InChI is InChI=1S/C12H23F3N2O2/c1-10(7-12(13,14)15)16-8-11(2,18)9-17-3-5-19-6-4-17/h10,16,18H,3-9H2,1-2H3. The molecule has 2 N–H and O–H groups in total. The summed E-state index contributed by atoms with van der Waals surface area (Å²) in [5, 5.41) is 12.9. The van der Waals surface area contributed by atoms with Crippen LogP contribution in [-0.4, -0.2) is 67.2 Å². The van der Waals surface area contributed by atoms with Gasteiger partial charge in [-0.2, -0.15) is 13.2 Å². The van der Waals surface area contributed by atoms with Crippen molar-refractivity contribution in [2.75, 3.05) is 39.4 Å². The van der Waals surface area contributed by atoms with Crippen LogP contribution in [0.2, 0.25) is 0 Å². The predicted molar refractivity (Wildman–Crippen MR) is 66.0 cm³/mol. The fraction of sp³-hybridized carbons (Fsp3) is 1.00. The Bertz CT molecular complexity index is 266. The molecule has 1 aliphatic rings. The maximum atomic E-state index is 12.2. The number of nitrogens with one attached hydrogen (secondary N) is 1. The SMILES string of the molecule is CC(CC(F)(F)F)NCC(C)(O)CN1CCOCC1. The van der Waals surface area contributed by atoms with Crippen LogP contribution in [0.1, 0.15) is 20.3 Å². The molecule has 114 valence electrons. The number of β-amino-alcohol motifs (C(OH)–C–C–N with tert-alkyl or cyclic N) is 1. The van der Waals surface area contributed by atoms with Crippen molar-refractivity contribution in [1.29, 1.82) is 0 Å². The van der Waals surface area contributed by atoms with E-state index in [2.05, 4.69) is 10.2 Å². The molecule has 0 bridgehead atoms. The zero-order chi connectivity index (χ0) is 14.5. The first-order chi connectivity index (χ1) is 8.68. The van der Waals surface area contributed by atoms with Gasteiger partial charge in [-0.05, 0) is 13.8 Å². The first-order valence-electron chi connectivity index (χ1n) is 6.51. The normalized spacial score (nSPS) is 23.1. The van der Waals surface area contributed by atoms with Gasteiger partial charge in [-0.15, -0.1) is 0 Å². The third kappa shape index (κ3) is 7.71. The number of hydrogen-bond acceptors (Lipinski definition) is 4. The molecule has 0 saturated carbocycles. The van der Waals surface area contributed by atoms with Crippen LogP contribution in [0, 0.1) is 0 Å². The van der Waals surface area contributed by atoms with Crippen LogP contribution < -0.4 is 5.32 Å². The highest BCUT2D eigenvalue weighted by Crippen LogP contribution is 2.21. The Morgan fingerprint density at radius 3 is 2.42 bits per heavy atom. The van der Waals surface area contributed by atoms with E-state index in [1.165, 1.54) is 6.92 Å². The minimum Gasteiger partial charge on any atom is -0.388 e. The third-order valence-electron chi connectivity index (χ3n) is 3.04. The van der Waals surface area contributed by atoms with Crippen LogP contribution in [-0.2, 0) is 4.74 Å². The number of halogens is 3. The molecule has 1 heterocycles. The van der Waals surface area contributed by atoms with Crippen molar-refractivity contribution in [3.05, 3.63) is 0 Å². The maximum absolute atomic E-state index is 12.2. The summed E-state index contributed by atoms with van der Waals surface area (Å²) in [6.45, 7) is 6.43. The Morgan fingerprint density at radius 2 is 1.89 bits per heavy atom. The summed E-state index contributed by atoms with van der Waals surface area (Å²) >= 11 is 0. The minimum atomic E-state index is -4.18. The lowest BCUT2D eigenvalue weighted by Crippen LogP contribution is -2.52. The van der Waals surface area contributed by atoms with E-state index in [0.717, 1.165) is 13.1 Å². The van der Waals surface area contributed by atoms with Gasteiger partial charge in [0.15, 0.2) is 0 Å².